The average Bonchev–Trinajstić information content (AvgIpc) is 2.75. The van der Waals surface area contributed by atoms with E-state index in [-0.39, 0.29) is 6.04 Å². The number of nitrogens with zero attached hydrogens (tertiary/aromatic N) is 3. The van der Waals surface area contributed by atoms with Crippen LogP contribution < -0.4 is 20.7 Å². The van der Waals surface area contributed by atoms with Gasteiger partial charge < -0.3 is 30.8 Å². The number of anilines is 3. The molecule has 0 unspecified atom stereocenters. The first kappa shape index (κ1) is 19.6. The smallest absolute Gasteiger partial charge is 0.227 e. The molecule has 3 aromatic rings. The van der Waals surface area contributed by atoms with Gasteiger partial charge in [-0.15, -0.1) is 0 Å². The van der Waals surface area contributed by atoms with E-state index in [1.165, 1.54) is 6.21 Å². The molecule has 154 valence electrons. The van der Waals surface area contributed by atoms with Gasteiger partial charge in [0, 0.05) is 42.8 Å². The van der Waals surface area contributed by atoms with Crippen LogP contribution in [0.2, 0.25) is 0 Å². The Hall–Kier alpha value is -3.72. The first-order chi connectivity index (χ1) is 14.7. The van der Waals surface area contributed by atoms with Crippen LogP contribution in [0.1, 0.15) is 5.56 Å². The predicted octanol–water partition coefficient (Wildman–Crippen LogP) is 2.80. The van der Waals surface area contributed by atoms with Crippen LogP contribution in [0.15, 0.2) is 42.9 Å². The molecule has 1 fully saturated rings. The van der Waals surface area contributed by atoms with Gasteiger partial charge in [-0.3, -0.25) is 0 Å². The van der Waals surface area contributed by atoms with Crippen molar-refractivity contribution in [1.29, 1.82) is 5.41 Å². The number of benzene rings is 1. The fraction of sp³-hybridized carbons (Fsp3) is 0.238. The number of hydrogen-bond donors (Lipinski definition) is 4. The molecule has 3 heterocycles. The molecule has 1 aromatic carbocycles. The van der Waals surface area contributed by atoms with E-state index in [1.807, 2.05) is 24.3 Å². The molecule has 30 heavy (non-hydrogen) atoms. The number of allylic oxidation sites excluding steroid dienone is 1. The minimum absolute atomic E-state index is 0.246. The summed E-state index contributed by atoms with van der Waals surface area (Å²) in [4.78, 5) is 13.5. The van der Waals surface area contributed by atoms with Gasteiger partial charge in [0.1, 0.15) is 11.3 Å². The Bertz CT molecular complexity index is 1100. The largest absolute Gasteiger partial charge is 0.495 e. The van der Waals surface area contributed by atoms with Crippen LogP contribution in [0.25, 0.3) is 16.5 Å². The lowest BCUT2D eigenvalue weighted by Crippen LogP contribution is -2.40. The van der Waals surface area contributed by atoms with Crippen LogP contribution >= 0.6 is 0 Å². The Morgan fingerprint density at radius 3 is 2.83 bits per heavy atom. The summed E-state index contributed by atoms with van der Waals surface area (Å²) in [5, 5.41) is 18.0. The molecule has 9 heteroatoms. The molecule has 0 spiro atoms. The van der Waals surface area contributed by atoms with E-state index in [1.54, 1.807) is 32.8 Å². The lowest BCUT2D eigenvalue weighted by molar-refractivity contribution is 0.0210. The topological polar surface area (TPSA) is 117 Å². The Kier molecular flexibility index (Phi) is 5.71. The van der Waals surface area contributed by atoms with Gasteiger partial charge in [0.25, 0.3) is 0 Å². The van der Waals surface area contributed by atoms with Gasteiger partial charge in [0.05, 0.1) is 32.1 Å². The fourth-order valence-corrected chi connectivity index (χ4v) is 3.09. The fourth-order valence-electron chi connectivity index (χ4n) is 3.09. The van der Waals surface area contributed by atoms with Gasteiger partial charge in [-0.05, 0) is 23.8 Å². The molecule has 1 aliphatic rings. The maximum atomic E-state index is 7.60. The van der Waals surface area contributed by atoms with Gasteiger partial charge in [-0.2, -0.15) is 0 Å². The second kappa shape index (κ2) is 8.75. The highest BCUT2D eigenvalue weighted by Gasteiger charge is 2.20. The summed E-state index contributed by atoms with van der Waals surface area (Å²) in [7, 11) is 3.40. The highest BCUT2D eigenvalue weighted by molar-refractivity contribution is 6.08. The molecule has 0 amide bonds. The van der Waals surface area contributed by atoms with E-state index in [2.05, 4.69) is 30.9 Å². The first-order valence-corrected chi connectivity index (χ1v) is 9.51. The number of methoxy groups -OCH3 is 1. The van der Waals surface area contributed by atoms with E-state index in [0.29, 0.717) is 30.7 Å². The van der Waals surface area contributed by atoms with Crippen molar-refractivity contribution in [3.8, 4) is 5.75 Å². The number of rotatable bonds is 8. The second-order valence-corrected chi connectivity index (χ2v) is 6.74. The number of pyridine rings is 1. The number of hydrogen-bond acceptors (Lipinski definition) is 9. The number of fused-ring (bicyclic) bond motifs is 1. The number of aromatic nitrogens is 3. The summed E-state index contributed by atoms with van der Waals surface area (Å²) in [5.41, 5.74) is 3.06. The van der Waals surface area contributed by atoms with Gasteiger partial charge in [-0.1, -0.05) is 6.07 Å². The van der Waals surface area contributed by atoms with E-state index in [0.717, 1.165) is 27.7 Å². The van der Waals surface area contributed by atoms with Crippen molar-refractivity contribution >= 4 is 40.1 Å². The molecule has 0 radical (unpaired) electrons. The van der Waals surface area contributed by atoms with Crippen LogP contribution in [0, 0.1) is 5.41 Å². The highest BCUT2D eigenvalue weighted by atomic mass is 16.5. The Morgan fingerprint density at radius 2 is 2.13 bits per heavy atom. The Balaban J connectivity index is 1.64. The molecule has 0 atom stereocenters. The average molecular weight is 405 g/mol. The molecule has 1 saturated heterocycles. The maximum absolute atomic E-state index is 7.60. The number of nitrogens with one attached hydrogen (secondary N) is 4. The molecule has 4 rings (SSSR count). The third-order valence-corrected chi connectivity index (χ3v) is 4.71. The highest BCUT2D eigenvalue weighted by Crippen LogP contribution is 2.30. The second-order valence-electron chi connectivity index (χ2n) is 6.74. The monoisotopic (exact) mass is 405 g/mol. The van der Waals surface area contributed by atoms with Gasteiger partial charge >= 0.3 is 0 Å². The Morgan fingerprint density at radius 1 is 1.27 bits per heavy atom. The summed E-state index contributed by atoms with van der Waals surface area (Å²) in [6.45, 7) is 1.33. The van der Waals surface area contributed by atoms with Crippen LogP contribution in [0.3, 0.4) is 0 Å². The first-order valence-electron chi connectivity index (χ1n) is 9.51. The lowest BCUT2D eigenvalue weighted by Gasteiger charge is -2.27. The predicted molar refractivity (Wildman–Crippen MR) is 118 cm³/mol. The SMILES string of the molecule is CN/C=C(\C=N)c1ccc(Nc2ncc3ccnc(NC4COC4)c3n2)c(OC)c1. The molecule has 0 bridgehead atoms. The van der Waals surface area contributed by atoms with Crippen LogP contribution in [0.5, 0.6) is 5.75 Å². The van der Waals surface area contributed by atoms with Crippen molar-refractivity contribution in [2.45, 2.75) is 6.04 Å². The normalized spacial score (nSPS) is 14.1. The maximum Gasteiger partial charge on any atom is 0.227 e. The molecule has 2 aromatic heterocycles. The van der Waals surface area contributed by atoms with Crippen molar-refractivity contribution in [2.75, 3.05) is 38.0 Å². The summed E-state index contributed by atoms with van der Waals surface area (Å²) >= 11 is 0. The standard InChI is InChI=1S/C21H23N7O2/c1-23-9-15(8-22)13-3-4-17(18(7-13)29-2)27-21-25-10-14-5-6-24-20(19(14)28-21)26-16-11-30-12-16/h3-10,16,22-23H,11-12H2,1-2H3,(H,24,26)(H,25,27,28)/b15-9+,22-8?. The molecular weight excluding hydrogens is 382 g/mol. The minimum atomic E-state index is 0.246. The summed E-state index contributed by atoms with van der Waals surface area (Å²) in [5.74, 6) is 1.77. The van der Waals surface area contributed by atoms with Crippen molar-refractivity contribution in [1.82, 2.24) is 20.3 Å². The van der Waals surface area contributed by atoms with Crippen LogP contribution in [0.4, 0.5) is 17.5 Å². The van der Waals surface area contributed by atoms with Crippen molar-refractivity contribution < 1.29 is 9.47 Å². The van der Waals surface area contributed by atoms with Gasteiger partial charge in [0.2, 0.25) is 5.95 Å². The van der Waals surface area contributed by atoms with Crippen molar-refractivity contribution in [3.63, 3.8) is 0 Å². The summed E-state index contributed by atoms with van der Waals surface area (Å²) in [6.07, 6.45) is 6.55. The van der Waals surface area contributed by atoms with E-state index in [4.69, 9.17) is 14.9 Å². The third kappa shape index (κ3) is 4.01. The lowest BCUT2D eigenvalue weighted by atomic mass is 10.1. The minimum Gasteiger partial charge on any atom is -0.495 e. The molecular formula is C21H23N7O2. The summed E-state index contributed by atoms with van der Waals surface area (Å²) in [6, 6.07) is 7.77. The molecule has 4 N–H and O–H groups in total. The zero-order chi connectivity index (χ0) is 20.9. The van der Waals surface area contributed by atoms with Gasteiger partial charge in [0.15, 0.2) is 5.82 Å². The van der Waals surface area contributed by atoms with Crippen LogP contribution in [-0.4, -0.2) is 54.6 Å². The Labute approximate surface area is 174 Å². The zero-order valence-electron chi connectivity index (χ0n) is 16.8. The molecule has 0 saturated carbocycles. The summed E-state index contributed by atoms with van der Waals surface area (Å²) < 4.78 is 10.8. The van der Waals surface area contributed by atoms with E-state index >= 15 is 0 Å². The molecule has 9 nitrogen and oxygen atoms in total. The zero-order valence-corrected chi connectivity index (χ0v) is 16.8. The molecule has 0 aliphatic carbocycles. The van der Waals surface area contributed by atoms with Crippen LogP contribution in [-0.2, 0) is 4.74 Å². The van der Waals surface area contributed by atoms with E-state index < -0.39 is 0 Å². The molecule has 1 aliphatic heterocycles. The quantitative estimate of drug-likeness (QED) is 0.423. The van der Waals surface area contributed by atoms with Gasteiger partial charge in [-0.25, -0.2) is 15.0 Å². The van der Waals surface area contributed by atoms with Crippen molar-refractivity contribution in [3.05, 3.63) is 48.4 Å². The third-order valence-electron chi connectivity index (χ3n) is 4.71. The number of ether oxygens (including phenoxy) is 2. The van der Waals surface area contributed by atoms with E-state index in [9.17, 15) is 0 Å². The van der Waals surface area contributed by atoms with Crippen molar-refractivity contribution in [2.24, 2.45) is 0 Å².